The molecular formula is C11H20N2O. The molecule has 0 atom stereocenters. The highest BCUT2D eigenvalue weighted by Crippen LogP contribution is 2.32. The van der Waals surface area contributed by atoms with Crippen LogP contribution in [0.4, 0.5) is 0 Å². The minimum atomic E-state index is 0.155. The van der Waals surface area contributed by atoms with E-state index in [1.807, 2.05) is 0 Å². The van der Waals surface area contributed by atoms with Crippen LogP contribution in [0.1, 0.15) is 33.6 Å². The second-order valence-corrected chi connectivity index (χ2v) is 6.03. The van der Waals surface area contributed by atoms with Gasteiger partial charge >= 0.3 is 0 Å². The number of rotatable bonds is 1. The Balaban J connectivity index is 1.82. The zero-order valence-corrected chi connectivity index (χ0v) is 9.39. The number of nitrogens with one attached hydrogen (secondary N) is 1. The lowest BCUT2D eigenvalue weighted by Gasteiger charge is -2.49. The summed E-state index contributed by atoms with van der Waals surface area (Å²) in [5, 5.41) is 3.10. The second-order valence-electron chi connectivity index (χ2n) is 6.03. The van der Waals surface area contributed by atoms with Gasteiger partial charge in [-0.15, -0.1) is 0 Å². The minimum Gasteiger partial charge on any atom is -0.348 e. The SMILES string of the molecule is CC(C)(C)CN1CC2(CCC(=O)N2)C1. The van der Waals surface area contributed by atoms with Crippen molar-refractivity contribution in [2.24, 2.45) is 5.41 Å². The Kier molecular flexibility index (Phi) is 2.11. The molecule has 3 heteroatoms. The number of hydrogen-bond acceptors (Lipinski definition) is 2. The quantitative estimate of drug-likeness (QED) is 0.678. The molecule has 0 aromatic carbocycles. The molecule has 1 amide bonds. The summed E-state index contributed by atoms with van der Waals surface area (Å²) in [5.74, 6) is 0.236. The van der Waals surface area contributed by atoms with Crippen molar-refractivity contribution in [3.05, 3.63) is 0 Å². The van der Waals surface area contributed by atoms with Crippen LogP contribution in [0, 0.1) is 5.41 Å². The van der Waals surface area contributed by atoms with Gasteiger partial charge in [0, 0.05) is 26.1 Å². The maximum Gasteiger partial charge on any atom is 0.220 e. The third kappa shape index (κ3) is 1.92. The molecule has 0 aliphatic carbocycles. The van der Waals surface area contributed by atoms with Gasteiger partial charge in [0.2, 0.25) is 5.91 Å². The zero-order chi connectivity index (χ0) is 10.4. The smallest absolute Gasteiger partial charge is 0.220 e. The zero-order valence-electron chi connectivity index (χ0n) is 9.39. The number of amides is 1. The van der Waals surface area contributed by atoms with E-state index in [2.05, 4.69) is 31.0 Å². The van der Waals surface area contributed by atoms with Crippen LogP contribution in [0.3, 0.4) is 0 Å². The van der Waals surface area contributed by atoms with Gasteiger partial charge in [0.15, 0.2) is 0 Å². The first kappa shape index (κ1) is 9.97. The van der Waals surface area contributed by atoms with Crippen LogP contribution in [0.5, 0.6) is 0 Å². The van der Waals surface area contributed by atoms with Gasteiger partial charge in [0.25, 0.3) is 0 Å². The molecule has 2 saturated heterocycles. The third-order valence-corrected chi connectivity index (χ3v) is 2.99. The van der Waals surface area contributed by atoms with Crippen molar-refractivity contribution in [3.8, 4) is 0 Å². The van der Waals surface area contributed by atoms with E-state index >= 15 is 0 Å². The van der Waals surface area contributed by atoms with Crippen molar-refractivity contribution in [2.75, 3.05) is 19.6 Å². The molecule has 0 aromatic rings. The molecule has 0 aromatic heterocycles. The molecular weight excluding hydrogens is 176 g/mol. The highest BCUT2D eigenvalue weighted by molar-refractivity contribution is 5.79. The van der Waals surface area contributed by atoms with E-state index in [1.165, 1.54) is 0 Å². The van der Waals surface area contributed by atoms with E-state index in [0.29, 0.717) is 5.41 Å². The number of hydrogen-bond donors (Lipinski definition) is 1. The van der Waals surface area contributed by atoms with Crippen molar-refractivity contribution >= 4 is 5.91 Å². The minimum absolute atomic E-state index is 0.155. The lowest BCUT2D eigenvalue weighted by atomic mass is 9.85. The Hall–Kier alpha value is -0.570. The van der Waals surface area contributed by atoms with Crippen LogP contribution in [0.2, 0.25) is 0 Å². The van der Waals surface area contributed by atoms with E-state index in [9.17, 15) is 4.79 Å². The van der Waals surface area contributed by atoms with Crippen molar-refractivity contribution in [1.29, 1.82) is 0 Å². The topological polar surface area (TPSA) is 32.3 Å². The molecule has 3 nitrogen and oxygen atoms in total. The van der Waals surface area contributed by atoms with E-state index in [0.717, 1.165) is 32.5 Å². The van der Waals surface area contributed by atoms with Gasteiger partial charge < -0.3 is 5.32 Å². The Labute approximate surface area is 85.8 Å². The van der Waals surface area contributed by atoms with E-state index < -0.39 is 0 Å². The van der Waals surface area contributed by atoms with Crippen molar-refractivity contribution in [2.45, 2.75) is 39.2 Å². The largest absolute Gasteiger partial charge is 0.348 e. The third-order valence-electron chi connectivity index (χ3n) is 2.99. The number of nitrogens with zero attached hydrogens (tertiary/aromatic N) is 1. The van der Waals surface area contributed by atoms with Gasteiger partial charge in [-0.05, 0) is 11.8 Å². The average Bonchev–Trinajstić information content (AvgIpc) is 2.27. The molecule has 2 rings (SSSR count). The molecule has 0 saturated carbocycles. The molecule has 2 heterocycles. The lowest BCUT2D eigenvalue weighted by molar-refractivity contribution is -0.120. The fraction of sp³-hybridized carbons (Fsp3) is 0.909. The molecule has 0 bridgehead atoms. The molecule has 1 N–H and O–H groups in total. The van der Waals surface area contributed by atoms with E-state index in [4.69, 9.17) is 0 Å². The van der Waals surface area contributed by atoms with Gasteiger partial charge in [0.05, 0.1) is 5.54 Å². The van der Waals surface area contributed by atoms with Crippen molar-refractivity contribution in [1.82, 2.24) is 10.2 Å². The molecule has 1 spiro atoms. The summed E-state index contributed by atoms with van der Waals surface area (Å²) in [6, 6.07) is 0. The van der Waals surface area contributed by atoms with Crippen molar-refractivity contribution < 1.29 is 4.79 Å². The maximum atomic E-state index is 11.1. The molecule has 2 fully saturated rings. The summed E-state index contributed by atoms with van der Waals surface area (Å²) in [5.41, 5.74) is 0.520. The lowest BCUT2D eigenvalue weighted by Crippen LogP contribution is -2.68. The van der Waals surface area contributed by atoms with Crippen LogP contribution in [-0.2, 0) is 4.79 Å². The van der Waals surface area contributed by atoms with E-state index in [1.54, 1.807) is 0 Å². The fourth-order valence-electron chi connectivity index (χ4n) is 2.60. The predicted molar refractivity (Wildman–Crippen MR) is 56.0 cm³/mol. The van der Waals surface area contributed by atoms with Crippen LogP contribution in [0.25, 0.3) is 0 Å². The number of carbonyl (C=O) groups excluding carboxylic acids is 1. The summed E-state index contributed by atoms with van der Waals surface area (Å²) >= 11 is 0. The molecule has 0 unspecified atom stereocenters. The highest BCUT2D eigenvalue weighted by Gasteiger charge is 2.47. The predicted octanol–water partition coefficient (Wildman–Crippen LogP) is 0.997. The van der Waals surface area contributed by atoms with Crippen LogP contribution >= 0.6 is 0 Å². The number of likely N-dealkylation sites (tertiary alicyclic amines) is 1. The summed E-state index contributed by atoms with van der Waals surface area (Å²) in [6.07, 6.45) is 1.76. The van der Waals surface area contributed by atoms with Gasteiger partial charge in [-0.3, -0.25) is 9.69 Å². The Morgan fingerprint density at radius 3 is 2.50 bits per heavy atom. The summed E-state index contributed by atoms with van der Waals surface area (Å²) < 4.78 is 0. The Morgan fingerprint density at radius 2 is 2.07 bits per heavy atom. The van der Waals surface area contributed by atoms with E-state index in [-0.39, 0.29) is 11.4 Å². The summed E-state index contributed by atoms with van der Waals surface area (Å²) in [4.78, 5) is 13.5. The van der Waals surface area contributed by atoms with Crippen molar-refractivity contribution in [3.63, 3.8) is 0 Å². The molecule has 14 heavy (non-hydrogen) atoms. The monoisotopic (exact) mass is 196 g/mol. The van der Waals surface area contributed by atoms with Crippen LogP contribution in [0.15, 0.2) is 0 Å². The van der Waals surface area contributed by atoms with Gasteiger partial charge in [-0.2, -0.15) is 0 Å². The van der Waals surface area contributed by atoms with Crippen LogP contribution in [-0.4, -0.2) is 36.0 Å². The summed E-state index contributed by atoms with van der Waals surface area (Å²) in [6.45, 7) is 10.00. The van der Waals surface area contributed by atoms with Gasteiger partial charge in [-0.1, -0.05) is 20.8 Å². The normalized spacial score (nSPS) is 26.4. The van der Waals surface area contributed by atoms with Gasteiger partial charge in [-0.25, -0.2) is 0 Å². The standard InChI is InChI=1S/C11H20N2O/c1-10(2,3)6-13-7-11(8-13)5-4-9(14)12-11/h4-8H2,1-3H3,(H,12,14). The first-order valence-corrected chi connectivity index (χ1v) is 5.42. The number of carbonyl (C=O) groups is 1. The Morgan fingerprint density at radius 1 is 1.43 bits per heavy atom. The second kappa shape index (κ2) is 2.96. The molecule has 0 radical (unpaired) electrons. The fourth-order valence-corrected chi connectivity index (χ4v) is 2.60. The first-order valence-electron chi connectivity index (χ1n) is 5.42. The van der Waals surface area contributed by atoms with Crippen LogP contribution < -0.4 is 5.32 Å². The highest BCUT2D eigenvalue weighted by atomic mass is 16.2. The Bertz CT molecular complexity index is 249. The molecule has 2 aliphatic heterocycles. The molecule has 80 valence electrons. The molecule has 2 aliphatic rings. The summed E-state index contributed by atoms with van der Waals surface area (Å²) in [7, 11) is 0. The maximum absolute atomic E-state index is 11.1. The first-order chi connectivity index (χ1) is 6.39. The average molecular weight is 196 g/mol. The van der Waals surface area contributed by atoms with Gasteiger partial charge in [0.1, 0.15) is 0 Å².